The molecular weight excluding hydrogens is 302 g/mol. The third-order valence-corrected chi connectivity index (χ3v) is 5.03. The van der Waals surface area contributed by atoms with Gasteiger partial charge in [-0.2, -0.15) is 0 Å². The summed E-state index contributed by atoms with van der Waals surface area (Å²) in [6.45, 7) is 4.18. The van der Waals surface area contributed by atoms with Gasteiger partial charge in [0.05, 0.1) is 11.3 Å². The first kappa shape index (κ1) is 14.0. The molecule has 106 valence electrons. The average Bonchev–Trinajstić information content (AvgIpc) is 3.05. The van der Waals surface area contributed by atoms with E-state index in [0.717, 1.165) is 21.8 Å². The molecule has 0 amide bonds. The Hall–Kier alpha value is -1.98. The van der Waals surface area contributed by atoms with E-state index < -0.39 is 5.97 Å². The molecule has 0 radical (unpaired) electrons. The zero-order valence-electron chi connectivity index (χ0n) is 11.6. The van der Waals surface area contributed by atoms with E-state index in [9.17, 15) is 4.79 Å². The predicted octanol–water partition coefficient (Wildman–Crippen LogP) is 4.85. The molecule has 0 spiro atoms. The number of aryl methyl sites for hydroxylation is 2. The van der Waals surface area contributed by atoms with Gasteiger partial charge in [0, 0.05) is 26.3 Å². The largest absolute Gasteiger partial charge is 0.478 e. The van der Waals surface area contributed by atoms with Crippen molar-refractivity contribution in [3.8, 4) is 21.8 Å². The number of carboxylic acid groups (broad SMARTS) is 1. The number of thiazole rings is 1. The number of carboxylic acids is 1. The summed E-state index contributed by atoms with van der Waals surface area (Å²) >= 11 is 3.30. The molecule has 1 aromatic carbocycles. The third-order valence-electron chi connectivity index (χ3n) is 3.18. The lowest BCUT2D eigenvalue weighted by atomic mass is 10.1. The quantitative estimate of drug-likeness (QED) is 0.751. The van der Waals surface area contributed by atoms with E-state index in [1.54, 1.807) is 29.5 Å². The van der Waals surface area contributed by atoms with Gasteiger partial charge in [0.15, 0.2) is 0 Å². The molecule has 5 heteroatoms. The van der Waals surface area contributed by atoms with Crippen molar-refractivity contribution in [1.82, 2.24) is 4.98 Å². The maximum Gasteiger partial charge on any atom is 0.335 e. The Labute approximate surface area is 130 Å². The highest BCUT2D eigenvalue weighted by Crippen LogP contribution is 2.34. The lowest BCUT2D eigenvalue weighted by Crippen LogP contribution is -1.95. The molecule has 0 bridgehead atoms. The number of rotatable bonds is 3. The molecule has 0 atom stereocenters. The summed E-state index contributed by atoms with van der Waals surface area (Å²) in [6.07, 6.45) is 0. The van der Waals surface area contributed by atoms with Crippen LogP contribution in [-0.2, 0) is 0 Å². The summed E-state index contributed by atoms with van der Waals surface area (Å²) < 4.78 is 0. The predicted molar refractivity (Wildman–Crippen MR) is 87.3 cm³/mol. The van der Waals surface area contributed by atoms with Crippen molar-refractivity contribution in [2.45, 2.75) is 13.8 Å². The fraction of sp³-hybridized carbons (Fsp3) is 0.125. The van der Waals surface area contributed by atoms with Crippen LogP contribution in [0.5, 0.6) is 0 Å². The topological polar surface area (TPSA) is 50.2 Å². The first-order valence-corrected chi connectivity index (χ1v) is 8.11. The number of hydrogen-bond donors (Lipinski definition) is 1. The second-order valence-corrected chi connectivity index (χ2v) is 7.07. The van der Waals surface area contributed by atoms with Gasteiger partial charge in [0.2, 0.25) is 0 Å². The molecular formula is C16H13NO2S2. The van der Waals surface area contributed by atoms with Gasteiger partial charge in [0.25, 0.3) is 0 Å². The lowest BCUT2D eigenvalue weighted by molar-refractivity contribution is 0.0697. The first-order chi connectivity index (χ1) is 10.0. The number of aromatic carboxylic acids is 1. The summed E-state index contributed by atoms with van der Waals surface area (Å²) in [7, 11) is 0. The van der Waals surface area contributed by atoms with Crippen molar-refractivity contribution >= 4 is 28.6 Å². The molecule has 0 aliphatic rings. The van der Waals surface area contributed by atoms with Gasteiger partial charge in [-0.25, -0.2) is 9.78 Å². The second-order valence-electron chi connectivity index (χ2n) is 4.75. The Morgan fingerprint density at radius 2 is 2.05 bits per heavy atom. The Bertz CT molecular complexity index is 817. The van der Waals surface area contributed by atoms with Crippen LogP contribution in [0.1, 0.15) is 20.1 Å². The van der Waals surface area contributed by atoms with Gasteiger partial charge < -0.3 is 5.11 Å². The number of aromatic nitrogens is 1. The molecule has 3 nitrogen and oxygen atoms in total. The summed E-state index contributed by atoms with van der Waals surface area (Å²) in [5, 5.41) is 11.9. The minimum absolute atomic E-state index is 0.284. The van der Waals surface area contributed by atoms with Crippen molar-refractivity contribution in [2.75, 3.05) is 0 Å². The van der Waals surface area contributed by atoms with Gasteiger partial charge in [-0.3, -0.25) is 0 Å². The van der Waals surface area contributed by atoms with Gasteiger partial charge in [-0.05, 0) is 32.0 Å². The molecule has 3 aromatic rings. The third kappa shape index (κ3) is 2.75. The fourth-order valence-electron chi connectivity index (χ4n) is 2.20. The first-order valence-electron chi connectivity index (χ1n) is 6.41. The zero-order valence-corrected chi connectivity index (χ0v) is 13.2. The molecule has 0 aliphatic heterocycles. The summed E-state index contributed by atoms with van der Waals surface area (Å²) in [5.41, 5.74) is 3.24. The van der Waals surface area contributed by atoms with E-state index in [1.807, 2.05) is 11.4 Å². The van der Waals surface area contributed by atoms with E-state index in [-0.39, 0.29) is 5.56 Å². The monoisotopic (exact) mass is 315 g/mol. The van der Waals surface area contributed by atoms with E-state index in [0.29, 0.717) is 0 Å². The summed E-state index contributed by atoms with van der Waals surface area (Å²) in [6, 6.07) is 9.04. The molecule has 0 aliphatic carbocycles. The molecule has 3 rings (SSSR count). The zero-order chi connectivity index (χ0) is 15.0. The SMILES string of the molecule is Cc1cc(-c2csc(-c3cccc(C(=O)O)c3)n2)c(C)s1. The highest BCUT2D eigenvalue weighted by molar-refractivity contribution is 7.14. The molecule has 1 N–H and O–H groups in total. The smallest absolute Gasteiger partial charge is 0.335 e. The van der Waals surface area contributed by atoms with Crippen LogP contribution in [-0.4, -0.2) is 16.1 Å². The highest BCUT2D eigenvalue weighted by atomic mass is 32.1. The molecule has 0 saturated heterocycles. The number of benzene rings is 1. The van der Waals surface area contributed by atoms with E-state index in [4.69, 9.17) is 5.11 Å². The molecule has 2 heterocycles. The minimum Gasteiger partial charge on any atom is -0.478 e. The van der Waals surface area contributed by atoms with Crippen molar-refractivity contribution in [2.24, 2.45) is 0 Å². The van der Waals surface area contributed by atoms with Gasteiger partial charge >= 0.3 is 5.97 Å². The van der Waals surface area contributed by atoms with Crippen LogP contribution in [0.4, 0.5) is 0 Å². The number of hydrogen-bond acceptors (Lipinski definition) is 4. The Morgan fingerprint density at radius 1 is 1.24 bits per heavy atom. The van der Waals surface area contributed by atoms with Gasteiger partial charge in [0.1, 0.15) is 5.01 Å². The Balaban J connectivity index is 2.00. The summed E-state index contributed by atoms with van der Waals surface area (Å²) in [5.74, 6) is -0.919. The van der Waals surface area contributed by atoms with Crippen molar-refractivity contribution in [3.63, 3.8) is 0 Å². The van der Waals surface area contributed by atoms with Crippen LogP contribution in [0.25, 0.3) is 21.8 Å². The number of thiophene rings is 1. The second kappa shape index (κ2) is 5.42. The van der Waals surface area contributed by atoms with E-state index in [2.05, 4.69) is 24.9 Å². The average molecular weight is 315 g/mol. The van der Waals surface area contributed by atoms with Crippen LogP contribution in [0.3, 0.4) is 0 Å². The van der Waals surface area contributed by atoms with Gasteiger partial charge in [-0.1, -0.05) is 12.1 Å². The Kier molecular flexibility index (Phi) is 3.61. The van der Waals surface area contributed by atoms with E-state index in [1.165, 1.54) is 21.1 Å². The van der Waals surface area contributed by atoms with Crippen LogP contribution in [0, 0.1) is 13.8 Å². The number of nitrogens with zero attached hydrogens (tertiary/aromatic N) is 1. The number of carbonyl (C=O) groups is 1. The van der Waals surface area contributed by atoms with Crippen LogP contribution in [0.2, 0.25) is 0 Å². The van der Waals surface area contributed by atoms with E-state index >= 15 is 0 Å². The van der Waals surface area contributed by atoms with Crippen molar-refractivity contribution in [1.29, 1.82) is 0 Å². The fourth-order valence-corrected chi connectivity index (χ4v) is 3.95. The molecule has 2 aromatic heterocycles. The molecule has 0 saturated carbocycles. The Morgan fingerprint density at radius 3 is 2.71 bits per heavy atom. The van der Waals surface area contributed by atoms with Crippen molar-refractivity contribution in [3.05, 3.63) is 51.0 Å². The standard InChI is InChI=1S/C16H13NO2S2/c1-9-6-13(10(2)21-9)14-8-20-15(17-14)11-4-3-5-12(7-11)16(18)19/h3-8H,1-2H3,(H,18,19). The molecule has 21 heavy (non-hydrogen) atoms. The lowest BCUT2D eigenvalue weighted by Gasteiger charge is -1.98. The highest BCUT2D eigenvalue weighted by Gasteiger charge is 2.12. The maximum absolute atomic E-state index is 11.0. The van der Waals surface area contributed by atoms with Crippen molar-refractivity contribution < 1.29 is 9.90 Å². The molecule has 0 fully saturated rings. The minimum atomic E-state index is -0.919. The van der Waals surface area contributed by atoms with Crippen LogP contribution >= 0.6 is 22.7 Å². The summed E-state index contributed by atoms with van der Waals surface area (Å²) in [4.78, 5) is 18.2. The normalized spacial score (nSPS) is 10.8. The van der Waals surface area contributed by atoms with Crippen LogP contribution in [0.15, 0.2) is 35.7 Å². The van der Waals surface area contributed by atoms with Crippen LogP contribution < -0.4 is 0 Å². The maximum atomic E-state index is 11.0. The van der Waals surface area contributed by atoms with Gasteiger partial charge in [-0.15, -0.1) is 22.7 Å². The molecule has 0 unspecified atom stereocenters.